The summed E-state index contributed by atoms with van der Waals surface area (Å²) in [4.78, 5) is 16.5. The molecule has 0 unspecified atom stereocenters. The molecular weight excluding hydrogens is 260 g/mol. The standard InChI is InChI=1S/C18H24N2O/c1-19(2)12-16-10-15(14-8-6-5-7-9-14)11-17(18(16)21)13-20(3)4/h5-9,12-13,15H,10-11H2,1-4H3/b16-12+,17-13+. The highest BCUT2D eigenvalue weighted by Gasteiger charge is 2.29. The Morgan fingerprint density at radius 1 is 0.905 bits per heavy atom. The van der Waals surface area contributed by atoms with E-state index in [2.05, 4.69) is 24.3 Å². The molecule has 1 aliphatic rings. The highest BCUT2D eigenvalue weighted by molar-refractivity contribution is 6.09. The molecule has 0 radical (unpaired) electrons. The molecule has 0 spiro atoms. The first kappa shape index (κ1) is 15.4. The van der Waals surface area contributed by atoms with Gasteiger partial charge in [-0.3, -0.25) is 4.79 Å². The molecule has 1 aromatic rings. The summed E-state index contributed by atoms with van der Waals surface area (Å²) in [5.41, 5.74) is 3.10. The van der Waals surface area contributed by atoms with Gasteiger partial charge in [0.15, 0.2) is 5.78 Å². The van der Waals surface area contributed by atoms with Gasteiger partial charge in [-0.2, -0.15) is 0 Å². The zero-order valence-corrected chi connectivity index (χ0v) is 13.3. The minimum absolute atomic E-state index is 0.185. The highest BCUT2D eigenvalue weighted by Crippen LogP contribution is 2.37. The van der Waals surface area contributed by atoms with E-state index in [9.17, 15) is 4.79 Å². The van der Waals surface area contributed by atoms with Crippen LogP contribution < -0.4 is 0 Å². The normalized spacial score (nSPS) is 22.7. The second-order valence-electron chi connectivity index (χ2n) is 6.08. The van der Waals surface area contributed by atoms with Crippen LogP contribution in [0, 0.1) is 0 Å². The number of allylic oxidation sites excluding steroid dienone is 2. The van der Waals surface area contributed by atoms with E-state index in [1.54, 1.807) is 0 Å². The number of benzene rings is 1. The van der Waals surface area contributed by atoms with Gasteiger partial charge in [0, 0.05) is 51.7 Å². The summed E-state index contributed by atoms with van der Waals surface area (Å²) in [6.07, 6.45) is 5.54. The van der Waals surface area contributed by atoms with Gasteiger partial charge in [-0.1, -0.05) is 30.3 Å². The lowest BCUT2D eigenvalue weighted by Gasteiger charge is -2.27. The van der Waals surface area contributed by atoms with Gasteiger partial charge in [0.05, 0.1) is 0 Å². The highest BCUT2D eigenvalue weighted by atomic mass is 16.1. The Hall–Kier alpha value is -2.03. The number of carbonyl (C=O) groups excluding carboxylic acids is 1. The average Bonchev–Trinajstić information content (AvgIpc) is 2.43. The van der Waals surface area contributed by atoms with Crippen molar-refractivity contribution < 1.29 is 4.79 Å². The molecule has 112 valence electrons. The molecule has 21 heavy (non-hydrogen) atoms. The quantitative estimate of drug-likeness (QED) is 0.797. The van der Waals surface area contributed by atoms with Gasteiger partial charge in [0.25, 0.3) is 0 Å². The molecule has 1 aromatic carbocycles. The third kappa shape index (κ3) is 3.97. The van der Waals surface area contributed by atoms with Crippen LogP contribution in [0.1, 0.15) is 24.3 Å². The van der Waals surface area contributed by atoms with Crippen molar-refractivity contribution in [2.45, 2.75) is 18.8 Å². The Labute approximate surface area is 127 Å². The zero-order valence-electron chi connectivity index (χ0n) is 13.3. The van der Waals surface area contributed by atoms with Crippen molar-refractivity contribution in [1.29, 1.82) is 0 Å². The lowest BCUT2D eigenvalue weighted by Crippen LogP contribution is -2.22. The monoisotopic (exact) mass is 284 g/mol. The van der Waals surface area contributed by atoms with Gasteiger partial charge in [0.2, 0.25) is 0 Å². The van der Waals surface area contributed by atoms with E-state index in [0.717, 1.165) is 24.0 Å². The molecule has 3 heteroatoms. The van der Waals surface area contributed by atoms with Crippen molar-refractivity contribution in [3.05, 3.63) is 59.4 Å². The van der Waals surface area contributed by atoms with Gasteiger partial charge in [-0.05, 0) is 24.3 Å². The summed E-state index contributed by atoms with van der Waals surface area (Å²) in [7, 11) is 7.84. The van der Waals surface area contributed by atoms with Crippen molar-refractivity contribution in [2.75, 3.05) is 28.2 Å². The van der Waals surface area contributed by atoms with Crippen LogP contribution in [0.25, 0.3) is 0 Å². The average molecular weight is 284 g/mol. The molecule has 0 bridgehead atoms. The van der Waals surface area contributed by atoms with E-state index < -0.39 is 0 Å². The first-order chi connectivity index (χ1) is 9.97. The van der Waals surface area contributed by atoms with E-state index in [0.29, 0.717) is 5.92 Å². The molecule has 1 fully saturated rings. The second kappa shape index (κ2) is 6.61. The second-order valence-corrected chi connectivity index (χ2v) is 6.08. The number of nitrogens with zero attached hydrogens (tertiary/aromatic N) is 2. The van der Waals surface area contributed by atoms with Crippen molar-refractivity contribution in [2.24, 2.45) is 0 Å². The Balaban J connectivity index is 2.36. The van der Waals surface area contributed by atoms with E-state index in [1.165, 1.54) is 5.56 Å². The summed E-state index contributed by atoms with van der Waals surface area (Å²) in [6, 6.07) is 10.5. The number of hydrogen-bond acceptors (Lipinski definition) is 3. The minimum atomic E-state index is 0.185. The van der Waals surface area contributed by atoms with E-state index in [4.69, 9.17) is 0 Å². The number of hydrogen-bond donors (Lipinski definition) is 0. The fraction of sp³-hybridized carbons (Fsp3) is 0.389. The first-order valence-electron chi connectivity index (χ1n) is 7.31. The smallest absolute Gasteiger partial charge is 0.187 e. The molecule has 0 aliphatic heterocycles. The number of rotatable bonds is 3. The van der Waals surface area contributed by atoms with Gasteiger partial charge in [-0.25, -0.2) is 0 Å². The van der Waals surface area contributed by atoms with Gasteiger partial charge < -0.3 is 9.80 Å². The Morgan fingerprint density at radius 2 is 1.38 bits per heavy atom. The molecule has 0 heterocycles. The largest absolute Gasteiger partial charge is 0.383 e. The van der Waals surface area contributed by atoms with Crippen LogP contribution in [0.2, 0.25) is 0 Å². The van der Waals surface area contributed by atoms with Crippen LogP contribution in [0.15, 0.2) is 53.9 Å². The van der Waals surface area contributed by atoms with Crippen LogP contribution in [-0.2, 0) is 4.79 Å². The molecule has 3 nitrogen and oxygen atoms in total. The van der Waals surface area contributed by atoms with Crippen LogP contribution in [-0.4, -0.2) is 43.8 Å². The lowest BCUT2D eigenvalue weighted by atomic mass is 9.78. The van der Waals surface area contributed by atoms with Crippen LogP contribution in [0.4, 0.5) is 0 Å². The van der Waals surface area contributed by atoms with Gasteiger partial charge in [-0.15, -0.1) is 0 Å². The maximum Gasteiger partial charge on any atom is 0.187 e. The zero-order chi connectivity index (χ0) is 15.4. The maximum atomic E-state index is 12.6. The van der Waals surface area contributed by atoms with Crippen LogP contribution in [0.3, 0.4) is 0 Å². The van der Waals surface area contributed by atoms with Crippen LogP contribution >= 0.6 is 0 Å². The third-order valence-corrected chi connectivity index (χ3v) is 3.61. The Morgan fingerprint density at radius 3 is 1.81 bits per heavy atom. The number of Topliss-reactive ketones (excluding diaryl/α,β-unsaturated/α-hetero) is 1. The summed E-state index contributed by atoms with van der Waals surface area (Å²) >= 11 is 0. The molecule has 0 atom stereocenters. The van der Waals surface area contributed by atoms with Crippen LogP contribution in [0.5, 0.6) is 0 Å². The fourth-order valence-corrected chi connectivity index (χ4v) is 2.80. The SMILES string of the molecule is CN(C)/C=C1\CC(c2ccccc2)C/C(=C\N(C)C)C1=O. The van der Waals surface area contributed by atoms with E-state index in [-0.39, 0.29) is 5.78 Å². The molecule has 2 rings (SSSR count). The van der Waals surface area contributed by atoms with Crippen molar-refractivity contribution in [3.8, 4) is 0 Å². The van der Waals surface area contributed by atoms with E-state index in [1.807, 2.05) is 56.5 Å². The topological polar surface area (TPSA) is 23.6 Å². The lowest BCUT2D eigenvalue weighted by molar-refractivity contribution is -0.113. The molecule has 0 N–H and O–H groups in total. The van der Waals surface area contributed by atoms with Crippen molar-refractivity contribution in [1.82, 2.24) is 9.80 Å². The Bertz CT molecular complexity index is 526. The third-order valence-electron chi connectivity index (χ3n) is 3.61. The summed E-state index contributed by atoms with van der Waals surface area (Å²) < 4.78 is 0. The first-order valence-corrected chi connectivity index (χ1v) is 7.31. The summed E-state index contributed by atoms with van der Waals surface area (Å²) in [6.45, 7) is 0. The molecular formula is C18H24N2O. The molecule has 0 amide bonds. The van der Waals surface area contributed by atoms with Gasteiger partial charge >= 0.3 is 0 Å². The molecule has 1 aliphatic carbocycles. The molecule has 0 aromatic heterocycles. The fourth-order valence-electron chi connectivity index (χ4n) is 2.80. The predicted octanol–water partition coefficient (Wildman–Crippen LogP) is 3.02. The Kier molecular flexibility index (Phi) is 4.84. The van der Waals surface area contributed by atoms with Gasteiger partial charge in [0.1, 0.15) is 0 Å². The summed E-state index contributed by atoms with van der Waals surface area (Å²) in [5, 5.41) is 0. The minimum Gasteiger partial charge on any atom is -0.383 e. The maximum absolute atomic E-state index is 12.6. The van der Waals surface area contributed by atoms with E-state index >= 15 is 0 Å². The molecule has 0 saturated heterocycles. The number of ketones is 1. The summed E-state index contributed by atoms with van der Waals surface area (Å²) in [5.74, 6) is 0.561. The molecule has 1 saturated carbocycles. The predicted molar refractivity (Wildman–Crippen MR) is 87.0 cm³/mol. The van der Waals surface area contributed by atoms with Crippen molar-refractivity contribution >= 4 is 5.78 Å². The van der Waals surface area contributed by atoms with Crippen molar-refractivity contribution in [3.63, 3.8) is 0 Å². The number of carbonyl (C=O) groups is 1.